The molecule has 0 aromatic carbocycles. The van der Waals surface area contributed by atoms with Gasteiger partial charge in [-0.3, -0.25) is 5.43 Å². The van der Waals surface area contributed by atoms with Crippen LogP contribution in [0.1, 0.15) is 17.5 Å². The molecule has 9 heteroatoms. The standard InChI is InChI=1S/C10H15N7OS/c1-3-18-10-15-8(14-9(16-10)17-11)12-4-7-6(2)13-5-19-7/h5H,3-4,11H2,1-2H3,(H2,12,14,15,16,17). The Morgan fingerprint density at radius 3 is 2.74 bits per heavy atom. The van der Waals surface area contributed by atoms with Crippen molar-refractivity contribution in [1.82, 2.24) is 19.9 Å². The average molecular weight is 281 g/mol. The Bertz CT molecular complexity index is 544. The Kier molecular flexibility index (Phi) is 4.42. The van der Waals surface area contributed by atoms with Gasteiger partial charge in [0.25, 0.3) is 0 Å². The fourth-order valence-corrected chi connectivity index (χ4v) is 2.07. The Morgan fingerprint density at radius 1 is 1.32 bits per heavy atom. The van der Waals surface area contributed by atoms with Gasteiger partial charge in [-0.05, 0) is 13.8 Å². The average Bonchev–Trinajstić information content (AvgIpc) is 2.82. The number of nitrogen functional groups attached to an aromatic ring is 1. The number of hydrogen-bond acceptors (Lipinski definition) is 9. The monoisotopic (exact) mass is 281 g/mol. The fraction of sp³-hybridized carbons (Fsp3) is 0.400. The largest absolute Gasteiger partial charge is 0.464 e. The van der Waals surface area contributed by atoms with Gasteiger partial charge in [0.2, 0.25) is 11.9 Å². The molecule has 4 N–H and O–H groups in total. The van der Waals surface area contributed by atoms with E-state index in [9.17, 15) is 0 Å². The van der Waals surface area contributed by atoms with Gasteiger partial charge in [-0.1, -0.05) is 0 Å². The van der Waals surface area contributed by atoms with Crippen LogP contribution in [0.25, 0.3) is 0 Å². The topological polar surface area (TPSA) is 111 Å². The summed E-state index contributed by atoms with van der Waals surface area (Å²) in [5.41, 5.74) is 5.18. The van der Waals surface area contributed by atoms with Gasteiger partial charge in [0, 0.05) is 4.88 Å². The quantitative estimate of drug-likeness (QED) is 0.530. The maximum absolute atomic E-state index is 5.30. The summed E-state index contributed by atoms with van der Waals surface area (Å²) in [4.78, 5) is 17.5. The molecular formula is C10H15N7OS. The summed E-state index contributed by atoms with van der Waals surface area (Å²) in [6.45, 7) is 4.88. The third kappa shape index (κ3) is 3.48. The lowest BCUT2D eigenvalue weighted by atomic mass is 10.4. The number of anilines is 2. The van der Waals surface area contributed by atoms with Crippen molar-refractivity contribution in [3.8, 4) is 6.01 Å². The number of rotatable bonds is 6. The Morgan fingerprint density at radius 2 is 2.11 bits per heavy atom. The molecule has 8 nitrogen and oxygen atoms in total. The summed E-state index contributed by atoms with van der Waals surface area (Å²) in [6, 6.07) is 0.231. The highest BCUT2D eigenvalue weighted by Crippen LogP contribution is 2.15. The Hall–Kier alpha value is -2.00. The van der Waals surface area contributed by atoms with E-state index in [1.807, 2.05) is 13.8 Å². The van der Waals surface area contributed by atoms with Crippen LogP contribution >= 0.6 is 11.3 Å². The molecule has 2 rings (SSSR count). The van der Waals surface area contributed by atoms with Gasteiger partial charge in [-0.2, -0.15) is 15.0 Å². The van der Waals surface area contributed by atoms with Crippen molar-refractivity contribution in [2.75, 3.05) is 17.3 Å². The van der Waals surface area contributed by atoms with Crippen LogP contribution in [0.5, 0.6) is 6.01 Å². The zero-order valence-electron chi connectivity index (χ0n) is 10.7. The number of aromatic nitrogens is 4. The highest BCUT2D eigenvalue weighted by molar-refractivity contribution is 7.09. The van der Waals surface area contributed by atoms with Crippen LogP contribution in [0.4, 0.5) is 11.9 Å². The van der Waals surface area contributed by atoms with Crippen LogP contribution in [0.2, 0.25) is 0 Å². The maximum Gasteiger partial charge on any atom is 0.323 e. The minimum Gasteiger partial charge on any atom is -0.464 e. The number of ether oxygens (including phenoxy) is 1. The molecule has 2 aromatic rings. The van der Waals surface area contributed by atoms with Crippen LogP contribution < -0.4 is 21.3 Å². The third-order valence-electron chi connectivity index (χ3n) is 2.27. The molecule has 19 heavy (non-hydrogen) atoms. The second-order valence-electron chi connectivity index (χ2n) is 3.56. The smallest absolute Gasteiger partial charge is 0.323 e. The predicted molar refractivity (Wildman–Crippen MR) is 73.0 cm³/mol. The number of nitrogens with zero attached hydrogens (tertiary/aromatic N) is 4. The molecule has 0 bridgehead atoms. The first-order chi connectivity index (χ1) is 9.22. The van der Waals surface area contributed by atoms with Crippen LogP contribution in [-0.4, -0.2) is 26.5 Å². The first kappa shape index (κ1) is 13.4. The van der Waals surface area contributed by atoms with E-state index >= 15 is 0 Å². The van der Waals surface area contributed by atoms with E-state index in [0.717, 1.165) is 10.6 Å². The zero-order valence-corrected chi connectivity index (χ0v) is 11.5. The van der Waals surface area contributed by atoms with Crippen molar-refractivity contribution >= 4 is 23.2 Å². The first-order valence-electron chi connectivity index (χ1n) is 5.71. The Labute approximate surface area is 114 Å². The molecular weight excluding hydrogens is 266 g/mol. The van der Waals surface area contributed by atoms with E-state index in [4.69, 9.17) is 10.6 Å². The van der Waals surface area contributed by atoms with E-state index in [1.54, 1.807) is 16.8 Å². The summed E-state index contributed by atoms with van der Waals surface area (Å²) in [5.74, 6) is 5.96. The second kappa shape index (κ2) is 6.25. The van der Waals surface area contributed by atoms with Gasteiger partial charge in [-0.15, -0.1) is 11.3 Å². The van der Waals surface area contributed by atoms with Crippen molar-refractivity contribution in [3.05, 3.63) is 16.1 Å². The molecule has 102 valence electrons. The molecule has 2 heterocycles. The highest BCUT2D eigenvalue weighted by Gasteiger charge is 2.07. The molecule has 0 saturated carbocycles. The molecule has 0 aliphatic heterocycles. The number of nitrogens with one attached hydrogen (secondary N) is 2. The lowest BCUT2D eigenvalue weighted by molar-refractivity contribution is 0.312. The van der Waals surface area contributed by atoms with Gasteiger partial charge in [0.15, 0.2) is 0 Å². The minimum atomic E-state index is 0.231. The summed E-state index contributed by atoms with van der Waals surface area (Å²) in [6.07, 6.45) is 0. The van der Waals surface area contributed by atoms with Gasteiger partial charge >= 0.3 is 6.01 Å². The van der Waals surface area contributed by atoms with Crippen LogP contribution in [0, 0.1) is 6.92 Å². The van der Waals surface area contributed by atoms with E-state index < -0.39 is 0 Å². The molecule has 0 aliphatic carbocycles. The van der Waals surface area contributed by atoms with E-state index in [2.05, 4.69) is 30.7 Å². The molecule has 0 aliphatic rings. The van der Waals surface area contributed by atoms with Crippen molar-refractivity contribution in [2.24, 2.45) is 5.84 Å². The predicted octanol–water partition coefficient (Wildman–Crippen LogP) is 0.933. The normalized spacial score (nSPS) is 10.3. The number of aryl methyl sites for hydroxylation is 1. The lowest BCUT2D eigenvalue weighted by Crippen LogP contribution is -2.14. The van der Waals surface area contributed by atoms with E-state index in [-0.39, 0.29) is 12.0 Å². The van der Waals surface area contributed by atoms with Gasteiger partial charge in [0.1, 0.15) is 0 Å². The lowest BCUT2D eigenvalue weighted by Gasteiger charge is -2.07. The second-order valence-corrected chi connectivity index (χ2v) is 4.50. The Balaban J connectivity index is 2.10. The summed E-state index contributed by atoms with van der Waals surface area (Å²) in [7, 11) is 0. The number of hydrogen-bond donors (Lipinski definition) is 3. The molecule has 0 atom stereocenters. The first-order valence-corrected chi connectivity index (χ1v) is 6.59. The maximum atomic E-state index is 5.30. The minimum absolute atomic E-state index is 0.231. The molecule has 0 fully saturated rings. The number of nitrogens with two attached hydrogens (primary N) is 1. The van der Waals surface area contributed by atoms with Crippen molar-refractivity contribution in [1.29, 1.82) is 0 Å². The zero-order chi connectivity index (χ0) is 13.7. The fourth-order valence-electron chi connectivity index (χ4n) is 1.35. The summed E-state index contributed by atoms with van der Waals surface area (Å²) < 4.78 is 5.24. The van der Waals surface area contributed by atoms with Gasteiger partial charge in [0.05, 0.1) is 24.4 Å². The van der Waals surface area contributed by atoms with Crippen molar-refractivity contribution in [2.45, 2.75) is 20.4 Å². The molecule has 0 spiro atoms. The molecule has 0 radical (unpaired) electrons. The molecule has 0 amide bonds. The van der Waals surface area contributed by atoms with Crippen LogP contribution in [0.15, 0.2) is 5.51 Å². The molecule has 0 saturated heterocycles. The van der Waals surface area contributed by atoms with Gasteiger partial charge in [-0.25, -0.2) is 10.8 Å². The van der Waals surface area contributed by atoms with E-state index in [1.165, 1.54) is 0 Å². The third-order valence-corrected chi connectivity index (χ3v) is 3.20. The van der Waals surface area contributed by atoms with Gasteiger partial charge < -0.3 is 10.1 Å². The van der Waals surface area contributed by atoms with Crippen molar-refractivity contribution < 1.29 is 4.74 Å². The summed E-state index contributed by atoms with van der Waals surface area (Å²) in [5, 5.41) is 3.09. The number of hydrazine groups is 1. The SMILES string of the molecule is CCOc1nc(NN)nc(NCc2scnc2C)n1. The molecule has 0 unspecified atom stereocenters. The number of thiazole rings is 1. The molecule has 2 aromatic heterocycles. The highest BCUT2D eigenvalue weighted by atomic mass is 32.1. The van der Waals surface area contributed by atoms with E-state index in [0.29, 0.717) is 19.1 Å². The summed E-state index contributed by atoms with van der Waals surface area (Å²) >= 11 is 1.58. The van der Waals surface area contributed by atoms with Crippen LogP contribution in [-0.2, 0) is 6.54 Å². The van der Waals surface area contributed by atoms with Crippen molar-refractivity contribution in [3.63, 3.8) is 0 Å². The van der Waals surface area contributed by atoms with Crippen LogP contribution in [0.3, 0.4) is 0 Å².